The molecule has 3 atom stereocenters. The van der Waals surface area contributed by atoms with Gasteiger partial charge in [0.2, 0.25) is 0 Å². The van der Waals surface area contributed by atoms with Crippen molar-refractivity contribution < 1.29 is 13.9 Å². The number of hydrogen-bond acceptors (Lipinski definition) is 3. The summed E-state index contributed by atoms with van der Waals surface area (Å²) in [5, 5.41) is 3.44. The number of rotatable bonds is 3. The van der Waals surface area contributed by atoms with Crippen molar-refractivity contribution in [3.05, 3.63) is 30.1 Å². The Morgan fingerprint density at radius 3 is 2.35 bits per heavy atom. The van der Waals surface area contributed by atoms with E-state index in [1.807, 2.05) is 4.90 Å². The van der Waals surface area contributed by atoms with E-state index in [1.54, 1.807) is 19.1 Å². The maximum atomic E-state index is 12.9. The van der Waals surface area contributed by atoms with Crippen molar-refractivity contribution >= 4 is 18.3 Å². The van der Waals surface area contributed by atoms with Crippen LogP contribution in [-0.2, 0) is 4.79 Å². The van der Waals surface area contributed by atoms with E-state index >= 15 is 0 Å². The van der Waals surface area contributed by atoms with Gasteiger partial charge in [-0.05, 0) is 69.0 Å². The van der Waals surface area contributed by atoms with Crippen LogP contribution in [0.5, 0.6) is 5.75 Å². The van der Waals surface area contributed by atoms with Crippen molar-refractivity contribution in [1.29, 1.82) is 0 Å². The molecule has 0 saturated carbocycles. The Hall–Kier alpha value is -1.33. The minimum Gasteiger partial charge on any atom is -0.481 e. The van der Waals surface area contributed by atoms with Crippen molar-refractivity contribution in [3.8, 4) is 5.75 Å². The number of benzene rings is 1. The summed E-state index contributed by atoms with van der Waals surface area (Å²) in [5.41, 5.74) is 0. The number of halogens is 2. The summed E-state index contributed by atoms with van der Waals surface area (Å²) in [6, 6.07) is 5.79. The van der Waals surface area contributed by atoms with E-state index in [2.05, 4.69) is 5.32 Å². The topological polar surface area (TPSA) is 41.6 Å². The third kappa shape index (κ3) is 4.36. The smallest absolute Gasteiger partial charge is 0.263 e. The molecule has 2 heterocycles. The third-order valence-electron chi connectivity index (χ3n) is 4.81. The van der Waals surface area contributed by atoms with Crippen molar-refractivity contribution in [1.82, 2.24) is 10.2 Å². The largest absolute Gasteiger partial charge is 0.481 e. The first-order valence-electron chi connectivity index (χ1n) is 8.05. The van der Waals surface area contributed by atoms with Gasteiger partial charge >= 0.3 is 0 Å². The van der Waals surface area contributed by atoms with E-state index in [0.717, 1.165) is 39.0 Å². The van der Waals surface area contributed by atoms with E-state index in [4.69, 9.17) is 4.74 Å². The van der Waals surface area contributed by atoms with Crippen molar-refractivity contribution in [2.75, 3.05) is 26.2 Å². The van der Waals surface area contributed by atoms with E-state index < -0.39 is 6.10 Å². The minimum absolute atomic E-state index is 0. The number of carbonyl (C=O) groups is 1. The Morgan fingerprint density at radius 1 is 1.22 bits per heavy atom. The molecule has 2 aliphatic heterocycles. The molecule has 0 radical (unpaired) electrons. The zero-order valence-corrected chi connectivity index (χ0v) is 14.2. The highest BCUT2D eigenvalue weighted by atomic mass is 35.5. The molecule has 1 amide bonds. The fourth-order valence-electron chi connectivity index (χ4n) is 3.46. The quantitative estimate of drug-likeness (QED) is 0.917. The summed E-state index contributed by atoms with van der Waals surface area (Å²) in [5.74, 6) is 1.65. The third-order valence-corrected chi connectivity index (χ3v) is 4.81. The Balaban J connectivity index is 0.00000192. The molecule has 1 aromatic rings. The summed E-state index contributed by atoms with van der Waals surface area (Å²) in [6.45, 7) is 5.53. The molecule has 1 aromatic carbocycles. The Labute approximate surface area is 142 Å². The lowest BCUT2D eigenvalue weighted by Crippen LogP contribution is -2.41. The fourth-order valence-corrected chi connectivity index (χ4v) is 3.46. The highest BCUT2D eigenvalue weighted by molar-refractivity contribution is 5.85. The highest BCUT2D eigenvalue weighted by Gasteiger charge is 2.32. The molecular formula is C17H24ClFN2O2. The maximum absolute atomic E-state index is 12.9. The van der Waals surface area contributed by atoms with E-state index in [9.17, 15) is 9.18 Å². The maximum Gasteiger partial charge on any atom is 0.263 e. The summed E-state index contributed by atoms with van der Waals surface area (Å²) < 4.78 is 18.5. The van der Waals surface area contributed by atoms with Crippen LogP contribution in [0.3, 0.4) is 0 Å². The van der Waals surface area contributed by atoms with Gasteiger partial charge in [0.25, 0.3) is 5.91 Å². The molecule has 2 fully saturated rings. The monoisotopic (exact) mass is 342 g/mol. The first kappa shape index (κ1) is 18.0. The number of amides is 1. The van der Waals surface area contributed by atoms with Crippen molar-refractivity contribution in [2.45, 2.75) is 25.9 Å². The highest BCUT2D eigenvalue weighted by Crippen LogP contribution is 2.27. The van der Waals surface area contributed by atoms with Gasteiger partial charge in [0.15, 0.2) is 6.10 Å². The van der Waals surface area contributed by atoms with Gasteiger partial charge in [-0.3, -0.25) is 4.79 Å². The normalized spacial score (nSPS) is 25.0. The first-order chi connectivity index (χ1) is 10.6. The molecule has 4 nitrogen and oxygen atoms in total. The molecule has 23 heavy (non-hydrogen) atoms. The average Bonchev–Trinajstić information content (AvgIpc) is 2.87. The van der Waals surface area contributed by atoms with Gasteiger partial charge in [0.1, 0.15) is 11.6 Å². The van der Waals surface area contributed by atoms with Gasteiger partial charge in [-0.15, -0.1) is 12.4 Å². The van der Waals surface area contributed by atoms with Crippen LogP contribution in [0.15, 0.2) is 24.3 Å². The van der Waals surface area contributed by atoms with Crippen LogP contribution in [0.2, 0.25) is 0 Å². The van der Waals surface area contributed by atoms with Crippen LogP contribution < -0.4 is 10.1 Å². The molecular weight excluding hydrogens is 319 g/mol. The fraction of sp³-hybridized carbons (Fsp3) is 0.588. The number of likely N-dealkylation sites (tertiary alicyclic amines) is 1. The number of nitrogens with one attached hydrogen (secondary N) is 1. The Bertz CT molecular complexity index is 512. The molecule has 6 heteroatoms. The Kier molecular flexibility index (Phi) is 6.25. The number of fused-ring (bicyclic) bond motifs is 1. The lowest BCUT2D eigenvalue weighted by molar-refractivity contribution is -0.137. The predicted octanol–water partition coefficient (Wildman–Crippen LogP) is 2.47. The van der Waals surface area contributed by atoms with Crippen LogP contribution in [0.25, 0.3) is 0 Å². The molecule has 2 aliphatic rings. The molecule has 1 unspecified atom stereocenters. The zero-order valence-electron chi connectivity index (χ0n) is 13.3. The van der Waals surface area contributed by atoms with Crippen LogP contribution in [-0.4, -0.2) is 43.1 Å². The molecule has 0 aromatic heterocycles. The lowest BCUT2D eigenvalue weighted by atomic mass is 9.92. The number of carbonyl (C=O) groups excluding carboxylic acids is 1. The van der Waals surface area contributed by atoms with Gasteiger partial charge in [0.05, 0.1) is 0 Å². The van der Waals surface area contributed by atoms with E-state index in [0.29, 0.717) is 17.6 Å². The van der Waals surface area contributed by atoms with Gasteiger partial charge < -0.3 is 15.0 Å². The number of hydrogen-bond donors (Lipinski definition) is 1. The molecule has 0 spiro atoms. The van der Waals surface area contributed by atoms with Gasteiger partial charge in [-0.1, -0.05) is 0 Å². The average molecular weight is 343 g/mol. The van der Waals surface area contributed by atoms with Crippen molar-refractivity contribution in [3.63, 3.8) is 0 Å². The van der Waals surface area contributed by atoms with Gasteiger partial charge in [-0.25, -0.2) is 4.39 Å². The first-order valence-corrected chi connectivity index (χ1v) is 8.05. The predicted molar refractivity (Wildman–Crippen MR) is 89.4 cm³/mol. The Morgan fingerprint density at radius 2 is 1.78 bits per heavy atom. The zero-order chi connectivity index (χ0) is 15.5. The molecule has 1 N–H and O–H groups in total. The van der Waals surface area contributed by atoms with Crippen LogP contribution in [0.1, 0.15) is 19.8 Å². The van der Waals surface area contributed by atoms with Gasteiger partial charge in [-0.2, -0.15) is 0 Å². The summed E-state index contributed by atoms with van der Waals surface area (Å²) in [7, 11) is 0. The lowest BCUT2D eigenvalue weighted by Gasteiger charge is -2.25. The second-order valence-corrected chi connectivity index (χ2v) is 6.30. The number of ether oxygens (including phenoxy) is 1. The SMILES string of the molecule is CC(Oc1ccc(F)cc1)C(=O)N1CC[C@@H]2CNC[C@@H]2CC1.Cl. The molecule has 0 bridgehead atoms. The van der Waals surface area contributed by atoms with E-state index in [-0.39, 0.29) is 24.1 Å². The van der Waals surface area contributed by atoms with Crippen LogP contribution >= 0.6 is 12.4 Å². The van der Waals surface area contributed by atoms with E-state index in [1.165, 1.54) is 12.1 Å². The molecule has 128 valence electrons. The second-order valence-electron chi connectivity index (χ2n) is 6.30. The van der Waals surface area contributed by atoms with Crippen LogP contribution in [0.4, 0.5) is 4.39 Å². The molecule has 3 rings (SSSR count). The van der Waals surface area contributed by atoms with Crippen LogP contribution in [0, 0.1) is 17.7 Å². The minimum atomic E-state index is -0.540. The summed E-state index contributed by atoms with van der Waals surface area (Å²) in [6.07, 6.45) is 1.58. The van der Waals surface area contributed by atoms with Gasteiger partial charge in [0, 0.05) is 13.1 Å². The standard InChI is InChI=1S/C17H23FN2O2.ClH/c1-12(22-16-4-2-15(18)3-5-16)17(21)20-8-6-13-10-19-11-14(13)7-9-20;/h2-5,12-14,19H,6-11H2,1H3;1H/t12?,13-,14+;. The van der Waals surface area contributed by atoms with Crippen molar-refractivity contribution in [2.24, 2.45) is 11.8 Å². The summed E-state index contributed by atoms with van der Waals surface area (Å²) >= 11 is 0. The molecule has 2 saturated heterocycles. The molecule has 0 aliphatic carbocycles. The second kappa shape index (κ2) is 7.97. The summed E-state index contributed by atoms with van der Waals surface area (Å²) in [4.78, 5) is 14.5. The number of nitrogens with zero attached hydrogens (tertiary/aromatic N) is 1.